The second kappa shape index (κ2) is 12.4. The number of amides is 1. The van der Waals surface area contributed by atoms with Crippen molar-refractivity contribution in [3.8, 4) is 5.75 Å². The van der Waals surface area contributed by atoms with E-state index in [0.29, 0.717) is 29.5 Å². The number of para-hydroxylation sites is 1. The lowest BCUT2D eigenvalue weighted by atomic mass is 9.94. The first-order valence-electron chi connectivity index (χ1n) is 14.4. The third-order valence-electron chi connectivity index (χ3n) is 7.24. The number of alkyl carbamates (subject to hydrolysis) is 1. The molecule has 1 unspecified atom stereocenters. The van der Waals surface area contributed by atoms with Crippen LogP contribution in [0, 0.1) is 20.8 Å². The van der Waals surface area contributed by atoms with E-state index in [1.165, 1.54) is 11.3 Å². The van der Waals surface area contributed by atoms with Crippen LogP contribution in [0.3, 0.4) is 0 Å². The Morgan fingerprint density at radius 1 is 1.16 bits per heavy atom. The van der Waals surface area contributed by atoms with E-state index in [4.69, 9.17) is 15.2 Å². The van der Waals surface area contributed by atoms with E-state index in [-0.39, 0.29) is 34.6 Å². The molecular weight excluding hydrogens is 603 g/mol. The van der Waals surface area contributed by atoms with Crippen LogP contribution in [-0.4, -0.2) is 55.0 Å². The Bertz CT molecular complexity index is 1700. The highest BCUT2D eigenvalue weighted by molar-refractivity contribution is 7.90. The summed E-state index contributed by atoms with van der Waals surface area (Å²) >= 11 is 1.25. The molecule has 13 heteroatoms. The van der Waals surface area contributed by atoms with Crippen molar-refractivity contribution in [3.63, 3.8) is 0 Å². The monoisotopic (exact) mass is 643 g/mol. The fourth-order valence-electron chi connectivity index (χ4n) is 5.21. The first-order chi connectivity index (χ1) is 20.4. The number of Topliss-reactive ketones (excluding diaryl/α,β-unsaturated/α-hetero) is 1. The molecule has 0 fully saturated rings. The number of nitrogens with two attached hydrogens (primary N) is 1. The average Bonchev–Trinajstić information content (AvgIpc) is 3.48. The number of sulfonamides is 1. The van der Waals surface area contributed by atoms with E-state index in [0.717, 1.165) is 21.6 Å². The average molecular weight is 644 g/mol. The van der Waals surface area contributed by atoms with Crippen molar-refractivity contribution in [2.75, 3.05) is 6.54 Å². The highest BCUT2D eigenvalue weighted by atomic mass is 32.2. The lowest BCUT2D eigenvalue weighted by Gasteiger charge is -2.22. The number of nitrogens with zero attached hydrogens (tertiary/aromatic N) is 2. The molecular formula is C31H41N5O6S2. The summed E-state index contributed by atoms with van der Waals surface area (Å²) in [7, 11) is -4.05. The third-order valence-corrected chi connectivity index (χ3v) is 9.92. The Kier molecular flexibility index (Phi) is 9.32. The summed E-state index contributed by atoms with van der Waals surface area (Å²) in [4.78, 5) is 34.8. The lowest BCUT2D eigenvalue weighted by molar-refractivity contribution is 0.0488. The van der Waals surface area contributed by atoms with Crippen molar-refractivity contribution in [1.82, 2.24) is 15.0 Å². The van der Waals surface area contributed by atoms with Gasteiger partial charge >= 0.3 is 6.09 Å². The number of ether oxygens (including phenoxy) is 2. The molecule has 0 radical (unpaired) electrons. The topological polar surface area (TPSA) is 162 Å². The van der Waals surface area contributed by atoms with E-state index in [1.807, 2.05) is 45.0 Å². The van der Waals surface area contributed by atoms with E-state index in [2.05, 4.69) is 20.0 Å². The fraction of sp³-hybridized carbons (Fsp3) is 0.484. The van der Waals surface area contributed by atoms with Crippen LogP contribution in [0.4, 0.5) is 4.79 Å². The van der Waals surface area contributed by atoms with E-state index in [9.17, 15) is 18.0 Å². The van der Waals surface area contributed by atoms with Crippen molar-refractivity contribution in [3.05, 3.63) is 51.5 Å². The molecule has 0 bridgehead atoms. The molecule has 0 aliphatic carbocycles. The van der Waals surface area contributed by atoms with Crippen molar-refractivity contribution in [1.29, 1.82) is 0 Å². The number of fused-ring (bicyclic) bond motifs is 2. The predicted molar refractivity (Wildman–Crippen MR) is 172 cm³/mol. The molecule has 238 valence electrons. The van der Waals surface area contributed by atoms with Gasteiger partial charge in [-0.2, -0.15) is 0 Å². The molecule has 1 amide bonds. The number of nitrogens with one attached hydrogen (secondary N) is 2. The van der Waals surface area contributed by atoms with Gasteiger partial charge < -0.3 is 20.5 Å². The van der Waals surface area contributed by atoms with Crippen molar-refractivity contribution in [2.24, 2.45) is 10.7 Å². The summed E-state index contributed by atoms with van der Waals surface area (Å²) in [6.45, 7) is 14.6. The maximum atomic E-state index is 13.5. The summed E-state index contributed by atoms with van der Waals surface area (Å²) in [5.41, 5.74) is 8.40. The van der Waals surface area contributed by atoms with Gasteiger partial charge in [0.15, 0.2) is 5.01 Å². The first-order valence-corrected chi connectivity index (χ1v) is 16.7. The van der Waals surface area contributed by atoms with Crippen LogP contribution in [0.5, 0.6) is 5.75 Å². The Morgan fingerprint density at radius 2 is 1.84 bits per heavy atom. The van der Waals surface area contributed by atoms with E-state index in [1.54, 1.807) is 34.6 Å². The van der Waals surface area contributed by atoms with Gasteiger partial charge in [-0.1, -0.05) is 12.1 Å². The van der Waals surface area contributed by atoms with Gasteiger partial charge in [0.2, 0.25) is 11.7 Å². The van der Waals surface area contributed by atoms with Crippen molar-refractivity contribution >= 4 is 49.4 Å². The summed E-state index contributed by atoms with van der Waals surface area (Å²) in [6, 6.07) is 6.47. The largest absolute Gasteiger partial charge is 0.487 e. The lowest BCUT2D eigenvalue weighted by Crippen LogP contribution is -2.43. The first kappa shape index (κ1) is 33.2. The zero-order valence-electron chi connectivity index (χ0n) is 26.5. The minimum Gasteiger partial charge on any atom is -0.487 e. The van der Waals surface area contributed by atoms with Crippen LogP contribution in [0.15, 0.2) is 34.2 Å². The molecule has 4 N–H and O–H groups in total. The number of hydrogen-bond donors (Lipinski definition) is 3. The number of benzene rings is 2. The van der Waals surface area contributed by atoms with Gasteiger partial charge in [0.25, 0.3) is 10.0 Å². The number of aromatic nitrogens is 1. The minimum absolute atomic E-state index is 0.108. The predicted octanol–water partition coefficient (Wildman–Crippen LogP) is 5.08. The van der Waals surface area contributed by atoms with Gasteiger partial charge in [-0.25, -0.2) is 22.9 Å². The summed E-state index contributed by atoms with van der Waals surface area (Å²) in [5, 5.41) is 2.93. The summed E-state index contributed by atoms with van der Waals surface area (Å²) < 4.78 is 41.7. The number of aliphatic imine (C=N–C) groups is 1. The quantitative estimate of drug-likeness (QED) is 0.126. The van der Waals surface area contributed by atoms with Crippen LogP contribution in [-0.2, 0) is 21.2 Å². The molecule has 0 saturated carbocycles. The number of guanidine groups is 1. The van der Waals surface area contributed by atoms with Gasteiger partial charge in [0, 0.05) is 18.5 Å². The molecule has 11 nitrogen and oxygen atoms in total. The van der Waals surface area contributed by atoms with Gasteiger partial charge in [0.05, 0.1) is 21.2 Å². The van der Waals surface area contributed by atoms with Crippen LogP contribution in [0.1, 0.15) is 79.5 Å². The number of ketones is 1. The Balaban J connectivity index is 1.46. The van der Waals surface area contributed by atoms with Gasteiger partial charge in [0.1, 0.15) is 17.0 Å². The summed E-state index contributed by atoms with van der Waals surface area (Å²) in [5.74, 6) is 0.119. The normalized spacial score (nSPS) is 15.4. The Hall–Kier alpha value is -3.71. The molecule has 2 aromatic carbocycles. The standard InChI is InChI=1S/C31H41N5O6S2/c1-17-18(2)26(19(3)20-16-31(7,8)41-25(17)20)44(39,40)36-28(32)33-15-11-13-22(35-29(38)42-30(4,5)6)24(37)27-34-21-12-9-10-14-23(21)43-27/h9-10,12,14,22H,11,13,15-16H2,1-8H3,(H,35,38)(H3,32,33,36). The highest BCUT2D eigenvalue weighted by Gasteiger charge is 2.36. The second-order valence-electron chi connectivity index (χ2n) is 12.6. The molecule has 4 rings (SSSR count). The molecule has 1 aliphatic heterocycles. The molecule has 1 atom stereocenters. The highest BCUT2D eigenvalue weighted by Crippen LogP contribution is 2.43. The number of hydrogen-bond acceptors (Lipinski definition) is 9. The summed E-state index contributed by atoms with van der Waals surface area (Å²) in [6.07, 6.45) is 0.393. The van der Waals surface area contributed by atoms with Crippen molar-refractivity contribution in [2.45, 2.75) is 96.8 Å². The molecule has 1 aliphatic rings. The number of carbonyl (C=O) groups is 2. The molecule has 0 saturated heterocycles. The SMILES string of the molecule is Cc1c(C)c(S(=O)(=O)NC(N)=NCCCC(NC(=O)OC(C)(C)C)C(=O)c2nc3ccccc3s2)c(C)c2c1OC(C)(C)C2. The second-order valence-corrected chi connectivity index (χ2v) is 15.3. The third kappa shape index (κ3) is 7.49. The fourth-order valence-corrected chi connectivity index (χ4v) is 7.69. The molecule has 3 aromatic rings. The smallest absolute Gasteiger partial charge is 0.408 e. The number of thiazole rings is 1. The van der Waals surface area contributed by atoms with Crippen LogP contribution >= 0.6 is 11.3 Å². The maximum absolute atomic E-state index is 13.5. The molecule has 44 heavy (non-hydrogen) atoms. The zero-order valence-corrected chi connectivity index (χ0v) is 28.1. The maximum Gasteiger partial charge on any atom is 0.408 e. The zero-order chi connectivity index (χ0) is 32.6. The van der Waals surface area contributed by atoms with E-state index >= 15 is 0 Å². The van der Waals surface area contributed by atoms with Crippen molar-refractivity contribution < 1.29 is 27.5 Å². The number of rotatable bonds is 9. The molecule has 2 heterocycles. The van der Waals surface area contributed by atoms with Crippen LogP contribution in [0.2, 0.25) is 0 Å². The van der Waals surface area contributed by atoms with E-state index < -0.39 is 33.4 Å². The van der Waals surface area contributed by atoms with Gasteiger partial charge in [-0.15, -0.1) is 11.3 Å². The minimum atomic E-state index is -4.05. The van der Waals surface area contributed by atoms with Gasteiger partial charge in [-0.3, -0.25) is 9.79 Å². The number of carbonyl (C=O) groups excluding carboxylic acids is 2. The Labute approximate surface area is 262 Å². The Morgan fingerprint density at radius 3 is 2.50 bits per heavy atom. The molecule has 0 spiro atoms. The van der Waals surface area contributed by atoms with Crippen LogP contribution in [0.25, 0.3) is 10.2 Å². The van der Waals surface area contributed by atoms with Gasteiger partial charge in [-0.05, 0) is 97.1 Å². The van der Waals surface area contributed by atoms with Crippen LogP contribution < -0.4 is 20.5 Å². The molecule has 1 aromatic heterocycles.